The van der Waals surface area contributed by atoms with Gasteiger partial charge >= 0.3 is 0 Å². The molecule has 156 valence electrons. The first-order valence-corrected chi connectivity index (χ1v) is 10.2. The van der Waals surface area contributed by atoms with Crippen LogP contribution in [0, 0.1) is 20.8 Å². The van der Waals surface area contributed by atoms with E-state index in [2.05, 4.69) is 15.4 Å². The van der Waals surface area contributed by atoms with Crippen molar-refractivity contribution in [2.45, 2.75) is 39.7 Å². The summed E-state index contributed by atoms with van der Waals surface area (Å²) in [5, 5.41) is 18.5. The van der Waals surface area contributed by atoms with E-state index in [0.29, 0.717) is 51.2 Å². The van der Waals surface area contributed by atoms with Crippen molar-refractivity contribution in [2.24, 2.45) is 0 Å². The van der Waals surface area contributed by atoms with Gasteiger partial charge in [-0.2, -0.15) is 5.10 Å². The molecule has 2 aliphatic rings. The van der Waals surface area contributed by atoms with E-state index in [1.165, 1.54) is 0 Å². The molecular formula is C22H21N7O2. The number of aromatic nitrogens is 5. The first-order valence-electron chi connectivity index (χ1n) is 10.2. The quantitative estimate of drug-likeness (QED) is 0.461. The number of carbonyl (C=O) groups is 1. The van der Waals surface area contributed by atoms with Gasteiger partial charge in [0.15, 0.2) is 5.65 Å². The number of amides is 1. The van der Waals surface area contributed by atoms with Crippen molar-refractivity contribution < 1.29 is 9.90 Å². The number of anilines is 2. The molecule has 4 aromatic rings. The summed E-state index contributed by atoms with van der Waals surface area (Å²) in [4.78, 5) is 22.8. The van der Waals surface area contributed by atoms with Crippen molar-refractivity contribution in [3.05, 3.63) is 40.8 Å². The lowest BCUT2D eigenvalue weighted by Crippen LogP contribution is -2.16. The topological polar surface area (TPSA) is 124 Å². The van der Waals surface area contributed by atoms with Crippen LogP contribution < -0.4 is 11.1 Å². The second kappa shape index (κ2) is 5.84. The summed E-state index contributed by atoms with van der Waals surface area (Å²) < 4.78 is 3.62. The molecule has 9 nitrogen and oxygen atoms in total. The van der Waals surface area contributed by atoms with E-state index in [1.807, 2.05) is 31.5 Å². The molecule has 0 spiro atoms. The van der Waals surface area contributed by atoms with E-state index in [1.54, 1.807) is 16.8 Å². The first kappa shape index (κ1) is 17.9. The number of benzene rings is 1. The number of hydrogen-bond acceptors (Lipinski definition) is 6. The van der Waals surface area contributed by atoms with Crippen LogP contribution in [0.3, 0.4) is 0 Å². The minimum Gasteiger partial charge on any atom is -0.508 e. The van der Waals surface area contributed by atoms with Crippen molar-refractivity contribution >= 4 is 28.6 Å². The van der Waals surface area contributed by atoms with Gasteiger partial charge in [0.2, 0.25) is 0 Å². The number of nitrogen functional groups attached to an aromatic ring is 1. The highest BCUT2D eigenvalue weighted by Crippen LogP contribution is 2.45. The Labute approximate surface area is 177 Å². The van der Waals surface area contributed by atoms with Crippen LogP contribution >= 0.6 is 0 Å². The molecule has 1 aromatic carbocycles. The number of aryl methyl sites for hydroxylation is 2. The van der Waals surface area contributed by atoms with Crippen LogP contribution in [0.5, 0.6) is 5.75 Å². The molecule has 31 heavy (non-hydrogen) atoms. The molecule has 4 heterocycles. The minimum atomic E-state index is -0.313. The maximum atomic E-state index is 13.4. The van der Waals surface area contributed by atoms with Gasteiger partial charge in [-0.25, -0.2) is 14.6 Å². The standard InChI is InChI=1S/C22H21N7O2/c1-9-4-7-14(30)10(2)18(9)28-19(23)16-15-17(25-11(3)26-21(15)28)13-8-24-29(12-5-6-12)20(13)27-22(16)31/h4,7-8,12,30H,5-6,23H2,1-3H3,(H,27,31). The summed E-state index contributed by atoms with van der Waals surface area (Å²) in [5.74, 6) is 1.31. The van der Waals surface area contributed by atoms with Crippen LogP contribution in [0.25, 0.3) is 28.0 Å². The number of nitrogens with one attached hydrogen (secondary N) is 1. The predicted molar refractivity (Wildman–Crippen MR) is 117 cm³/mol. The van der Waals surface area contributed by atoms with Crippen LogP contribution in [-0.2, 0) is 0 Å². The summed E-state index contributed by atoms with van der Waals surface area (Å²) in [7, 11) is 0. The van der Waals surface area contributed by atoms with Crippen molar-refractivity contribution in [1.82, 2.24) is 24.3 Å². The Morgan fingerprint density at radius 1 is 1.19 bits per heavy atom. The van der Waals surface area contributed by atoms with E-state index >= 15 is 0 Å². The number of nitrogens with two attached hydrogens (primary N) is 1. The van der Waals surface area contributed by atoms with Gasteiger partial charge in [-0.15, -0.1) is 0 Å². The summed E-state index contributed by atoms with van der Waals surface area (Å²) in [6.07, 6.45) is 3.84. The Balaban J connectivity index is 1.76. The van der Waals surface area contributed by atoms with Crippen LogP contribution in [0.2, 0.25) is 0 Å². The maximum Gasteiger partial charge on any atom is 0.261 e. The molecular weight excluding hydrogens is 394 g/mol. The molecule has 1 aliphatic carbocycles. The molecule has 0 bridgehead atoms. The molecule has 1 saturated carbocycles. The highest BCUT2D eigenvalue weighted by atomic mass is 16.3. The zero-order chi connectivity index (χ0) is 21.6. The van der Waals surface area contributed by atoms with Gasteiger partial charge in [-0.1, -0.05) is 6.07 Å². The molecule has 0 radical (unpaired) electrons. The molecule has 0 unspecified atom stereocenters. The van der Waals surface area contributed by atoms with Gasteiger partial charge in [0, 0.05) is 5.56 Å². The van der Waals surface area contributed by atoms with Gasteiger partial charge in [-0.3, -0.25) is 9.36 Å². The number of nitrogens with zero attached hydrogens (tertiary/aromatic N) is 5. The van der Waals surface area contributed by atoms with E-state index < -0.39 is 0 Å². The normalized spacial score (nSPS) is 15.1. The molecule has 9 heteroatoms. The van der Waals surface area contributed by atoms with Gasteiger partial charge in [0.25, 0.3) is 5.91 Å². The Bertz CT molecular complexity index is 1440. The third-order valence-corrected chi connectivity index (χ3v) is 6.19. The fraction of sp³-hybridized carbons (Fsp3) is 0.273. The lowest BCUT2D eigenvalue weighted by molar-refractivity contribution is 0.102. The van der Waals surface area contributed by atoms with Gasteiger partial charge in [-0.05, 0) is 45.2 Å². The molecule has 1 aliphatic heterocycles. The zero-order valence-electron chi connectivity index (χ0n) is 17.4. The number of hydrogen-bond donors (Lipinski definition) is 3. The minimum absolute atomic E-state index is 0.152. The van der Waals surface area contributed by atoms with E-state index in [0.717, 1.165) is 24.0 Å². The third kappa shape index (κ3) is 2.31. The number of rotatable bonds is 2. The maximum absolute atomic E-state index is 13.4. The monoisotopic (exact) mass is 415 g/mol. The predicted octanol–water partition coefficient (Wildman–Crippen LogP) is 3.40. The number of fused-ring (bicyclic) bond motifs is 2. The third-order valence-electron chi connectivity index (χ3n) is 6.19. The smallest absolute Gasteiger partial charge is 0.261 e. The molecule has 1 fully saturated rings. The molecule has 0 saturated heterocycles. The van der Waals surface area contributed by atoms with E-state index in [-0.39, 0.29) is 17.5 Å². The number of carbonyl (C=O) groups excluding carboxylic acids is 1. The second-order valence-electron chi connectivity index (χ2n) is 8.33. The highest BCUT2D eigenvalue weighted by molar-refractivity contribution is 6.22. The molecule has 4 N–H and O–H groups in total. The van der Waals surface area contributed by atoms with Crippen molar-refractivity contribution in [2.75, 3.05) is 11.1 Å². The van der Waals surface area contributed by atoms with Crippen LogP contribution in [0.4, 0.5) is 11.6 Å². The highest BCUT2D eigenvalue weighted by Gasteiger charge is 2.36. The summed E-state index contributed by atoms with van der Waals surface area (Å²) in [6, 6.07) is 3.77. The zero-order valence-corrected chi connectivity index (χ0v) is 17.4. The fourth-order valence-corrected chi connectivity index (χ4v) is 4.55. The Kier molecular flexibility index (Phi) is 3.38. The Morgan fingerprint density at radius 3 is 2.71 bits per heavy atom. The van der Waals surface area contributed by atoms with Crippen molar-refractivity contribution in [3.63, 3.8) is 0 Å². The van der Waals surface area contributed by atoms with Crippen LogP contribution in [0.1, 0.15) is 46.2 Å². The summed E-state index contributed by atoms with van der Waals surface area (Å²) in [5.41, 5.74) is 11.1. The largest absolute Gasteiger partial charge is 0.508 e. The first-order chi connectivity index (χ1) is 14.9. The lowest BCUT2D eigenvalue weighted by atomic mass is 10.1. The van der Waals surface area contributed by atoms with E-state index in [4.69, 9.17) is 10.7 Å². The SMILES string of the molecule is Cc1nc2c3c(c(N)n(-c4c(C)ccc(O)c4C)c3n1)C(=O)Nc1c-2cnn1C1CC1. The lowest BCUT2D eigenvalue weighted by Gasteiger charge is -2.16. The second-order valence-corrected chi connectivity index (χ2v) is 8.33. The van der Waals surface area contributed by atoms with Gasteiger partial charge in [0.1, 0.15) is 23.2 Å². The molecule has 6 rings (SSSR count). The van der Waals surface area contributed by atoms with Gasteiger partial charge in [0.05, 0.1) is 40.1 Å². The molecule has 3 aromatic heterocycles. The van der Waals surface area contributed by atoms with Crippen LogP contribution in [0.15, 0.2) is 18.3 Å². The fourth-order valence-electron chi connectivity index (χ4n) is 4.55. The number of phenols is 1. The average molecular weight is 415 g/mol. The Hall–Kier alpha value is -3.88. The summed E-state index contributed by atoms with van der Waals surface area (Å²) in [6.45, 7) is 5.57. The van der Waals surface area contributed by atoms with E-state index in [9.17, 15) is 9.90 Å². The molecule has 0 atom stereocenters. The Morgan fingerprint density at radius 2 is 1.97 bits per heavy atom. The van der Waals surface area contributed by atoms with Crippen molar-refractivity contribution in [3.8, 4) is 22.7 Å². The van der Waals surface area contributed by atoms with Crippen LogP contribution in [-0.4, -0.2) is 35.3 Å². The number of phenolic OH excluding ortho intramolecular Hbond substituents is 1. The molecule has 1 amide bonds. The average Bonchev–Trinajstić information content (AvgIpc) is 3.45. The summed E-state index contributed by atoms with van der Waals surface area (Å²) >= 11 is 0. The number of aromatic hydroxyl groups is 1. The van der Waals surface area contributed by atoms with Gasteiger partial charge < -0.3 is 16.2 Å². The van der Waals surface area contributed by atoms with Crippen molar-refractivity contribution in [1.29, 1.82) is 0 Å².